The highest BCUT2D eigenvalue weighted by molar-refractivity contribution is 6.99. The molecule has 0 heterocycles. The second-order valence-electron chi connectivity index (χ2n) is 9.83. The predicted molar refractivity (Wildman–Crippen MR) is 142 cm³/mol. The van der Waals surface area contributed by atoms with Crippen molar-refractivity contribution >= 4 is 25.0 Å². The van der Waals surface area contributed by atoms with Gasteiger partial charge in [0.1, 0.15) is 6.29 Å². The van der Waals surface area contributed by atoms with Crippen LogP contribution in [0.1, 0.15) is 66.2 Å². The van der Waals surface area contributed by atoms with Crippen LogP contribution in [0.4, 0.5) is 0 Å². The van der Waals surface area contributed by atoms with Crippen molar-refractivity contribution in [2.24, 2.45) is 0 Å². The first-order valence-electron chi connectivity index (χ1n) is 12.3. The van der Waals surface area contributed by atoms with Crippen LogP contribution in [0.3, 0.4) is 0 Å². The highest BCUT2D eigenvalue weighted by Crippen LogP contribution is 2.37. The molecule has 2 atom stereocenters. The molecule has 0 aliphatic carbocycles. The minimum atomic E-state index is -2.48. The Balaban J connectivity index is 2.04. The Bertz CT molecular complexity index is 787. The van der Waals surface area contributed by atoms with Gasteiger partial charge in [-0.2, -0.15) is 0 Å². The smallest absolute Gasteiger partial charge is 0.261 e. The average molecular weight is 467 g/mol. The molecule has 0 aliphatic rings. The summed E-state index contributed by atoms with van der Waals surface area (Å²) in [6, 6.07) is 21.7. The van der Waals surface area contributed by atoms with Crippen molar-refractivity contribution in [3.63, 3.8) is 0 Å². The monoisotopic (exact) mass is 466 g/mol. The standard InChI is InChI=1S/C29H42O3Si/c1-25(17-11-7-6-8-12-18-26(31-5)23-24-30)32-33(29(2,3)4,27-19-13-9-14-20-27)28-21-15-10-16-22-28/h6,8-10,13-16,19-22,24-26H,7,11-12,17-18,23H2,1-5H3/b8-6+/t25-,26+/m1/s1. The minimum Gasteiger partial charge on any atom is -0.405 e. The Morgan fingerprint density at radius 1 is 0.879 bits per heavy atom. The van der Waals surface area contributed by atoms with Gasteiger partial charge in [-0.3, -0.25) is 0 Å². The highest BCUT2D eigenvalue weighted by Gasteiger charge is 2.50. The van der Waals surface area contributed by atoms with Crippen molar-refractivity contribution in [2.75, 3.05) is 7.11 Å². The van der Waals surface area contributed by atoms with Gasteiger partial charge in [0.15, 0.2) is 0 Å². The number of ether oxygens (including phenoxy) is 1. The van der Waals surface area contributed by atoms with E-state index in [1.54, 1.807) is 7.11 Å². The molecule has 0 radical (unpaired) electrons. The third-order valence-electron chi connectivity index (χ3n) is 6.29. The van der Waals surface area contributed by atoms with Crippen LogP contribution in [0, 0.1) is 0 Å². The quantitative estimate of drug-likeness (QED) is 0.147. The summed E-state index contributed by atoms with van der Waals surface area (Å²) in [5.41, 5.74) is 0. The Kier molecular flexibility index (Phi) is 11.3. The number of allylic oxidation sites excluding steroid dienone is 2. The summed E-state index contributed by atoms with van der Waals surface area (Å²) in [7, 11) is -0.807. The molecule has 0 bridgehead atoms. The van der Waals surface area contributed by atoms with E-state index in [1.807, 2.05) is 0 Å². The zero-order chi connectivity index (χ0) is 24.2. The molecular weight excluding hydrogens is 424 g/mol. The first kappa shape index (κ1) is 27.2. The second kappa shape index (κ2) is 13.6. The van der Waals surface area contributed by atoms with Crippen molar-refractivity contribution in [1.29, 1.82) is 0 Å². The molecule has 0 amide bonds. The van der Waals surface area contributed by atoms with E-state index in [4.69, 9.17) is 9.16 Å². The molecule has 0 unspecified atom stereocenters. The summed E-state index contributed by atoms with van der Waals surface area (Å²) in [4.78, 5) is 10.6. The number of unbranched alkanes of at least 4 members (excludes halogenated alkanes) is 1. The van der Waals surface area contributed by atoms with Gasteiger partial charge in [0.05, 0.1) is 6.10 Å². The summed E-state index contributed by atoms with van der Waals surface area (Å²) in [6.07, 6.45) is 11.1. The van der Waals surface area contributed by atoms with Crippen LogP contribution >= 0.6 is 0 Å². The Morgan fingerprint density at radius 3 is 1.91 bits per heavy atom. The van der Waals surface area contributed by atoms with E-state index in [0.29, 0.717) is 6.42 Å². The molecule has 0 saturated heterocycles. The van der Waals surface area contributed by atoms with E-state index in [2.05, 4.69) is 101 Å². The van der Waals surface area contributed by atoms with Crippen molar-refractivity contribution < 1.29 is 14.0 Å². The van der Waals surface area contributed by atoms with Gasteiger partial charge < -0.3 is 14.0 Å². The van der Waals surface area contributed by atoms with E-state index in [0.717, 1.165) is 38.4 Å². The number of hydrogen-bond donors (Lipinski definition) is 0. The topological polar surface area (TPSA) is 35.5 Å². The lowest BCUT2D eigenvalue weighted by Gasteiger charge is -2.44. The molecule has 0 fully saturated rings. The lowest BCUT2D eigenvalue weighted by atomic mass is 10.1. The number of benzene rings is 2. The normalized spacial score (nSPS) is 14.3. The summed E-state index contributed by atoms with van der Waals surface area (Å²) < 4.78 is 12.5. The molecule has 0 aliphatic heterocycles. The fourth-order valence-corrected chi connectivity index (χ4v) is 9.27. The van der Waals surface area contributed by atoms with Gasteiger partial charge in [-0.1, -0.05) is 93.6 Å². The molecule has 0 spiro atoms. The molecule has 2 aromatic carbocycles. The van der Waals surface area contributed by atoms with Crippen LogP contribution in [0.25, 0.3) is 0 Å². The van der Waals surface area contributed by atoms with Crippen molar-refractivity contribution in [3.8, 4) is 0 Å². The lowest BCUT2D eigenvalue weighted by Crippen LogP contribution is -2.67. The fourth-order valence-electron chi connectivity index (χ4n) is 4.53. The second-order valence-corrected chi connectivity index (χ2v) is 14.1. The van der Waals surface area contributed by atoms with Crippen molar-refractivity contribution in [2.45, 2.75) is 83.5 Å². The van der Waals surface area contributed by atoms with Gasteiger partial charge in [-0.15, -0.1) is 0 Å². The third-order valence-corrected chi connectivity index (χ3v) is 11.5. The van der Waals surface area contributed by atoms with Gasteiger partial charge in [0.2, 0.25) is 0 Å². The van der Waals surface area contributed by atoms with E-state index < -0.39 is 8.32 Å². The lowest BCUT2D eigenvalue weighted by molar-refractivity contribution is -0.110. The first-order chi connectivity index (χ1) is 15.8. The molecule has 33 heavy (non-hydrogen) atoms. The van der Waals surface area contributed by atoms with Crippen LogP contribution in [0.5, 0.6) is 0 Å². The largest absolute Gasteiger partial charge is 0.405 e. The number of carbonyl (C=O) groups is 1. The third kappa shape index (κ3) is 7.77. The van der Waals surface area contributed by atoms with Crippen LogP contribution in [-0.2, 0) is 14.0 Å². The molecular formula is C29H42O3Si. The van der Waals surface area contributed by atoms with E-state index in [1.165, 1.54) is 10.4 Å². The maximum atomic E-state index is 10.6. The van der Waals surface area contributed by atoms with E-state index in [-0.39, 0.29) is 17.2 Å². The number of carbonyl (C=O) groups excluding carboxylic acids is 1. The Labute approximate surface area is 202 Å². The number of rotatable bonds is 14. The maximum absolute atomic E-state index is 10.6. The van der Waals surface area contributed by atoms with E-state index >= 15 is 0 Å². The Morgan fingerprint density at radius 2 is 1.42 bits per heavy atom. The number of hydrogen-bond acceptors (Lipinski definition) is 3. The molecule has 2 rings (SSSR count). The summed E-state index contributed by atoms with van der Waals surface area (Å²) in [5.74, 6) is 0. The minimum absolute atomic E-state index is 0.00325. The average Bonchev–Trinajstić information content (AvgIpc) is 2.81. The predicted octanol–water partition coefficient (Wildman–Crippen LogP) is 6.06. The summed E-state index contributed by atoms with van der Waals surface area (Å²) in [5, 5.41) is 2.67. The maximum Gasteiger partial charge on any atom is 0.261 e. The van der Waals surface area contributed by atoms with Gasteiger partial charge in [0, 0.05) is 19.6 Å². The van der Waals surface area contributed by atoms with Crippen LogP contribution in [-0.4, -0.2) is 33.9 Å². The van der Waals surface area contributed by atoms with Crippen LogP contribution in [0.2, 0.25) is 5.04 Å². The van der Waals surface area contributed by atoms with E-state index in [9.17, 15) is 4.79 Å². The zero-order valence-corrected chi connectivity index (χ0v) is 22.1. The molecule has 0 aromatic heterocycles. The summed E-state index contributed by atoms with van der Waals surface area (Å²) in [6.45, 7) is 9.21. The fraction of sp³-hybridized carbons (Fsp3) is 0.483. The number of aldehydes is 1. The van der Waals surface area contributed by atoms with Gasteiger partial charge in [-0.25, -0.2) is 0 Å². The van der Waals surface area contributed by atoms with Crippen LogP contribution < -0.4 is 10.4 Å². The molecule has 4 heteroatoms. The van der Waals surface area contributed by atoms with Gasteiger partial charge in [-0.05, 0) is 54.4 Å². The van der Waals surface area contributed by atoms with Crippen molar-refractivity contribution in [3.05, 3.63) is 72.8 Å². The number of methoxy groups -OCH3 is 1. The SMILES string of the molecule is CO[C@H](CC=O)CC/C=C/CCC[C@@H](C)O[Si](c1ccccc1)(c1ccccc1)C(C)(C)C. The molecule has 0 saturated carbocycles. The molecule has 2 aromatic rings. The van der Waals surface area contributed by atoms with Crippen molar-refractivity contribution in [1.82, 2.24) is 0 Å². The highest BCUT2D eigenvalue weighted by atomic mass is 28.4. The molecule has 3 nitrogen and oxygen atoms in total. The van der Waals surface area contributed by atoms with Gasteiger partial charge >= 0.3 is 0 Å². The molecule has 180 valence electrons. The zero-order valence-electron chi connectivity index (χ0n) is 21.1. The van der Waals surface area contributed by atoms with Crippen LogP contribution in [0.15, 0.2) is 72.8 Å². The summed E-state index contributed by atoms with van der Waals surface area (Å²) >= 11 is 0. The molecule has 0 N–H and O–H groups in total. The first-order valence-corrected chi connectivity index (χ1v) is 14.2. The Hall–Kier alpha value is -2.01. The van der Waals surface area contributed by atoms with Gasteiger partial charge in [0.25, 0.3) is 8.32 Å².